The van der Waals surface area contributed by atoms with Gasteiger partial charge in [-0.2, -0.15) is 5.10 Å². The summed E-state index contributed by atoms with van der Waals surface area (Å²) in [5.41, 5.74) is 3.80. The monoisotopic (exact) mass is 483 g/mol. The number of nitrogens with one attached hydrogen (secondary N) is 1. The number of benzene rings is 3. The second-order valence-corrected chi connectivity index (χ2v) is 8.96. The minimum atomic E-state index is -3.71. The van der Waals surface area contributed by atoms with Gasteiger partial charge in [0.2, 0.25) is 5.75 Å². The Labute approximate surface area is 198 Å². The molecule has 3 aromatic rings. The fourth-order valence-electron chi connectivity index (χ4n) is 3.12. The normalized spacial score (nSPS) is 11.2. The van der Waals surface area contributed by atoms with Crippen molar-refractivity contribution in [1.82, 2.24) is 5.43 Å². The molecule has 0 bridgehead atoms. The van der Waals surface area contributed by atoms with Crippen LogP contribution in [-0.2, 0) is 10.0 Å². The molecule has 178 valence electrons. The molecule has 0 atom stereocenters. The third-order valence-electron chi connectivity index (χ3n) is 4.96. The van der Waals surface area contributed by atoms with E-state index in [1.54, 1.807) is 42.5 Å². The highest BCUT2D eigenvalue weighted by Crippen LogP contribution is 2.37. The van der Waals surface area contributed by atoms with E-state index >= 15 is 0 Å². The Kier molecular flexibility index (Phi) is 7.75. The minimum absolute atomic E-state index is 0.181. The highest BCUT2D eigenvalue weighted by molar-refractivity contribution is 7.92. The van der Waals surface area contributed by atoms with Gasteiger partial charge in [0, 0.05) is 18.2 Å². The first-order valence-corrected chi connectivity index (χ1v) is 11.5. The first kappa shape index (κ1) is 24.6. The first-order chi connectivity index (χ1) is 16.3. The van der Waals surface area contributed by atoms with E-state index in [1.807, 2.05) is 0 Å². The summed E-state index contributed by atoms with van der Waals surface area (Å²) >= 11 is 0. The number of methoxy groups -OCH3 is 3. The molecule has 0 aliphatic carbocycles. The van der Waals surface area contributed by atoms with Gasteiger partial charge in [0.1, 0.15) is 0 Å². The first-order valence-electron chi connectivity index (χ1n) is 10.1. The van der Waals surface area contributed by atoms with Crippen LogP contribution in [0.1, 0.15) is 15.9 Å². The lowest BCUT2D eigenvalue weighted by Crippen LogP contribution is -2.26. The van der Waals surface area contributed by atoms with Crippen molar-refractivity contribution in [3.8, 4) is 17.2 Å². The molecule has 0 unspecified atom stereocenters. The lowest BCUT2D eigenvalue weighted by Gasteiger charge is -2.19. The second kappa shape index (κ2) is 10.7. The van der Waals surface area contributed by atoms with Crippen LogP contribution in [0.4, 0.5) is 5.69 Å². The van der Waals surface area contributed by atoms with E-state index in [0.717, 1.165) is 4.31 Å². The van der Waals surface area contributed by atoms with E-state index in [-0.39, 0.29) is 4.90 Å². The van der Waals surface area contributed by atoms with Gasteiger partial charge < -0.3 is 14.2 Å². The van der Waals surface area contributed by atoms with Gasteiger partial charge in [0.25, 0.3) is 15.9 Å². The van der Waals surface area contributed by atoms with Gasteiger partial charge in [-0.25, -0.2) is 13.8 Å². The Morgan fingerprint density at radius 2 is 1.50 bits per heavy atom. The lowest BCUT2D eigenvalue weighted by atomic mass is 10.2. The number of hydrogen-bond donors (Lipinski definition) is 1. The van der Waals surface area contributed by atoms with Crippen molar-refractivity contribution >= 4 is 27.8 Å². The summed E-state index contributed by atoms with van der Waals surface area (Å²) in [5, 5.41) is 3.98. The molecule has 0 aliphatic rings. The summed E-state index contributed by atoms with van der Waals surface area (Å²) in [5.74, 6) is 0.911. The van der Waals surface area contributed by atoms with Crippen LogP contribution in [0.3, 0.4) is 0 Å². The maximum Gasteiger partial charge on any atom is 0.271 e. The van der Waals surface area contributed by atoms with Crippen molar-refractivity contribution in [3.63, 3.8) is 0 Å². The van der Waals surface area contributed by atoms with Crippen molar-refractivity contribution < 1.29 is 27.4 Å². The number of rotatable bonds is 9. The number of amides is 1. The molecule has 0 aliphatic heterocycles. The summed E-state index contributed by atoms with van der Waals surface area (Å²) < 4.78 is 42.6. The highest BCUT2D eigenvalue weighted by Gasteiger charge is 2.21. The molecule has 10 heteroatoms. The summed E-state index contributed by atoms with van der Waals surface area (Å²) in [7, 11) is 2.27. The Hall–Kier alpha value is -4.05. The maximum absolute atomic E-state index is 12.8. The quantitative estimate of drug-likeness (QED) is 0.370. The summed E-state index contributed by atoms with van der Waals surface area (Å²) in [6.45, 7) is 0. The number of carbonyl (C=O) groups is 1. The Morgan fingerprint density at radius 3 is 2.03 bits per heavy atom. The SMILES string of the molecule is COc1cc(/C=N/NC(=O)c2ccc(N(C)S(=O)(=O)c3ccccc3)cc2)cc(OC)c1OC. The fraction of sp³-hybridized carbons (Fsp3) is 0.167. The van der Waals surface area contributed by atoms with Gasteiger partial charge in [0.05, 0.1) is 38.1 Å². The molecule has 0 heterocycles. The van der Waals surface area contributed by atoms with Gasteiger partial charge in [-0.3, -0.25) is 9.10 Å². The van der Waals surface area contributed by atoms with Crippen LogP contribution in [0, 0.1) is 0 Å². The van der Waals surface area contributed by atoms with Crippen molar-refractivity contribution in [3.05, 3.63) is 77.9 Å². The standard InChI is InChI=1S/C24H25N3O6S/c1-27(34(29,30)20-8-6-5-7-9-20)19-12-10-18(11-13-19)24(28)26-25-16-17-14-21(31-2)23(33-4)22(15-17)32-3/h5-16H,1-4H3,(H,26,28)/b25-16+. The molecule has 0 saturated heterocycles. The zero-order chi connectivity index (χ0) is 24.7. The van der Waals surface area contributed by atoms with Crippen molar-refractivity contribution in [1.29, 1.82) is 0 Å². The molecular weight excluding hydrogens is 458 g/mol. The number of ether oxygens (including phenoxy) is 3. The number of hydrogen-bond acceptors (Lipinski definition) is 7. The largest absolute Gasteiger partial charge is 0.493 e. The molecule has 1 amide bonds. The molecule has 0 saturated carbocycles. The van der Waals surface area contributed by atoms with Crippen LogP contribution >= 0.6 is 0 Å². The van der Waals surface area contributed by atoms with E-state index in [0.29, 0.717) is 34.1 Å². The molecule has 0 aromatic heterocycles. The van der Waals surface area contributed by atoms with Gasteiger partial charge in [-0.05, 0) is 48.5 Å². The second-order valence-electron chi connectivity index (χ2n) is 6.99. The maximum atomic E-state index is 12.8. The molecule has 0 spiro atoms. The highest BCUT2D eigenvalue weighted by atomic mass is 32.2. The lowest BCUT2D eigenvalue weighted by molar-refractivity contribution is 0.0955. The third-order valence-corrected chi connectivity index (χ3v) is 6.76. The predicted molar refractivity (Wildman–Crippen MR) is 130 cm³/mol. The smallest absolute Gasteiger partial charge is 0.271 e. The molecule has 9 nitrogen and oxygen atoms in total. The van der Waals surface area contributed by atoms with Crippen LogP contribution in [-0.4, -0.2) is 48.9 Å². The fourth-order valence-corrected chi connectivity index (χ4v) is 4.33. The Balaban J connectivity index is 1.70. The Bertz CT molecular complexity index is 1250. The molecule has 0 fully saturated rings. The van der Waals surface area contributed by atoms with E-state index in [9.17, 15) is 13.2 Å². The molecule has 3 aromatic carbocycles. The van der Waals surface area contributed by atoms with Crippen LogP contribution in [0.25, 0.3) is 0 Å². The van der Waals surface area contributed by atoms with Crippen molar-refractivity contribution in [2.45, 2.75) is 4.90 Å². The molecular formula is C24H25N3O6S. The van der Waals surface area contributed by atoms with E-state index < -0.39 is 15.9 Å². The molecule has 0 radical (unpaired) electrons. The average Bonchev–Trinajstić information content (AvgIpc) is 2.88. The van der Waals surface area contributed by atoms with E-state index in [1.165, 1.54) is 58.9 Å². The summed E-state index contributed by atoms with van der Waals surface area (Å²) in [4.78, 5) is 12.6. The van der Waals surface area contributed by atoms with Crippen molar-refractivity contribution in [2.75, 3.05) is 32.7 Å². The van der Waals surface area contributed by atoms with Crippen LogP contribution in [0.15, 0.2) is 76.7 Å². The number of carbonyl (C=O) groups excluding carboxylic acids is 1. The molecule has 1 N–H and O–H groups in total. The molecule has 3 rings (SSSR count). The van der Waals surface area contributed by atoms with Gasteiger partial charge in [0.15, 0.2) is 11.5 Å². The topological polar surface area (TPSA) is 107 Å². The third kappa shape index (κ3) is 5.29. The minimum Gasteiger partial charge on any atom is -0.493 e. The van der Waals surface area contributed by atoms with Gasteiger partial charge >= 0.3 is 0 Å². The predicted octanol–water partition coefficient (Wildman–Crippen LogP) is 3.30. The average molecular weight is 484 g/mol. The summed E-state index contributed by atoms with van der Waals surface area (Å²) in [6.07, 6.45) is 1.44. The van der Waals surface area contributed by atoms with E-state index in [4.69, 9.17) is 14.2 Å². The van der Waals surface area contributed by atoms with Gasteiger partial charge in [-0.1, -0.05) is 18.2 Å². The zero-order valence-corrected chi connectivity index (χ0v) is 20.0. The number of anilines is 1. The molecule has 34 heavy (non-hydrogen) atoms. The Morgan fingerprint density at radius 1 is 0.912 bits per heavy atom. The number of sulfonamides is 1. The zero-order valence-electron chi connectivity index (χ0n) is 19.2. The number of nitrogens with zero attached hydrogens (tertiary/aromatic N) is 2. The van der Waals surface area contributed by atoms with Gasteiger partial charge in [-0.15, -0.1) is 0 Å². The van der Waals surface area contributed by atoms with Crippen molar-refractivity contribution in [2.24, 2.45) is 5.10 Å². The van der Waals surface area contributed by atoms with Crippen LogP contribution < -0.4 is 23.9 Å². The van der Waals surface area contributed by atoms with E-state index in [2.05, 4.69) is 10.5 Å². The summed E-state index contributed by atoms with van der Waals surface area (Å²) in [6, 6.07) is 17.7. The van der Waals surface area contributed by atoms with Crippen LogP contribution in [0.5, 0.6) is 17.2 Å². The van der Waals surface area contributed by atoms with Crippen LogP contribution in [0.2, 0.25) is 0 Å². The number of hydrazone groups is 1.